The smallest absolute Gasteiger partial charge is 0.318 e. The van der Waals surface area contributed by atoms with Gasteiger partial charge < -0.3 is 4.74 Å². The number of non-ortho nitro benzene ring substituents is 1. The first-order valence-corrected chi connectivity index (χ1v) is 11.1. The largest absolute Gasteiger partial charge is 0.450 e. The van der Waals surface area contributed by atoms with Crippen LogP contribution in [0.1, 0.15) is 11.1 Å². The molecule has 12 heteroatoms. The van der Waals surface area contributed by atoms with E-state index in [1.165, 1.54) is 12.1 Å². The lowest BCUT2D eigenvalue weighted by atomic mass is 10.2. The van der Waals surface area contributed by atoms with E-state index >= 15 is 0 Å². The molecule has 2 amide bonds. The first-order valence-electron chi connectivity index (χ1n) is 9.92. The van der Waals surface area contributed by atoms with E-state index in [1.54, 1.807) is 42.5 Å². The van der Waals surface area contributed by atoms with E-state index in [9.17, 15) is 29.8 Å². The zero-order valence-electron chi connectivity index (χ0n) is 17.6. The summed E-state index contributed by atoms with van der Waals surface area (Å²) in [6, 6.07) is 16.2. The van der Waals surface area contributed by atoms with E-state index in [-0.39, 0.29) is 22.9 Å². The number of nitro benzene ring substituents is 2. The lowest BCUT2D eigenvalue weighted by Crippen LogP contribution is -2.27. The molecule has 1 fully saturated rings. The van der Waals surface area contributed by atoms with Crippen molar-refractivity contribution in [1.82, 2.24) is 4.90 Å². The summed E-state index contributed by atoms with van der Waals surface area (Å²) >= 11 is 6.79. The van der Waals surface area contributed by atoms with Gasteiger partial charge in [-0.15, -0.1) is 0 Å². The van der Waals surface area contributed by atoms with Gasteiger partial charge in [-0.2, -0.15) is 0 Å². The van der Waals surface area contributed by atoms with Crippen LogP contribution in [0.15, 0.2) is 71.6 Å². The third kappa shape index (κ3) is 5.48. The molecule has 3 aromatic rings. The lowest BCUT2D eigenvalue weighted by molar-refractivity contribution is -0.394. The maximum Gasteiger partial charge on any atom is 0.318 e. The van der Waals surface area contributed by atoms with Crippen LogP contribution in [-0.4, -0.2) is 25.9 Å². The number of benzene rings is 3. The SMILES string of the molecule is O=C1S/C(=C\c2ccc(Oc3ccc([N+](=O)[O-])cc3[N+](=O)[O-])cc2)C(=O)N1Cc1cccc(Cl)c1. The minimum Gasteiger partial charge on any atom is -0.450 e. The summed E-state index contributed by atoms with van der Waals surface area (Å²) in [7, 11) is 0. The van der Waals surface area contributed by atoms with Crippen molar-refractivity contribution < 1.29 is 24.2 Å². The van der Waals surface area contributed by atoms with Crippen LogP contribution in [0.5, 0.6) is 11.5 Å². The summed E-state index contributed by atoms with van der Waals surface area (Å²) in [5.41, 5.74) is 0.354. The van der Waals surface area contributed by atoms with Crippen LogP contribution in [0, 0.1) is 20.2 Å². The Bertz CT molecular complexity index is 1390. The summed E-state index contributed by atoms with van der Waals surface area (Å²) in [5, 5.41) is 22.3. The number of hydrogen-bond donors (Lipinski definition) is 0. The highest BCUT2D eigenvalue weighted by atomic mass is 35.5. The second kappa shape index (κ2) is 9.95. The Kier molecular flexibility index (Phi) is 6.80. The van der Waals surface area contributed by atoms with Crippen molar-refractivity contribution in [3.63, 3.8) is 0 Å². The van der Waals surface area contributed by atoms with Crippen molar-refractivity contribution in [3.8, 4) is 11.5 Å². The third-order valence-corrected chi connectivity index (χ3v) is 6.00. The summed E-state index contributed by atoms with van der Waals surface area (Å²) in [6.45, 7) is 0.101. The zero-order chi connectivity index (χ0) is 25.1. The summed E-state index contributed by atoms with van der Waals surface area (Å²) < 4.78 is 5.53. The number of halogens is 1. The highest BCUT2D eigenvalue weighted by molar-refractivity contribution is 8.18. The number of amides is 2. The Labute approximate surface area is 207 Å². The number of hydrogen-bond acceptors (Lipinski definition) is 8. The van der Waals surface area contributed by atoms with Crippen molar-refractivity contribution in [2.75, 3.05) is 0 Å². The molecule has 35 heavy (non-hydrogen) atoms. The van der Waals surface area contributed by atoms with E-state index in [2.05, 4.69) is 0 Å². The van der Waals surface area contributed by atoms with Crippen LogP contribution in [0.2, 0.25) is 5.02 Å². The monoisotopic (exact) mass is 511 g/mol. The molecule has 0 radical (unpaired) electrons. The number of thioether (sulfide) groups is 1. The fourth-order valence-electron chi connectivity index (χ4n) is 3.21. The Morgan fingerprint density at radius 1 is 0.971 bits per heavy atom. The molecule has 0 aliphatic carbocycles. The van der Waals surface area contributed by atoms with E-state index in [4.69, 9.17) is 16.3 Å². The molecule has 1 aliphatic rings. The van der Waals surface area contributed by atoms with Crippen molar-refractivity contribution in [3.05, 3.63) is 108 Å². The van der Waals surface area contributed by atoms with Crippen LogP contribution in [0.25, 0.3) is 6.08 Å². The molecule has 1 heterocycles. The van der Waals surface area contributed by atoms with Crippen LogP contribution in [-0.2, 0) is 11.3 Å². The molecule has 0 N–H and O–H groups in total. The van der Waals surface area contributed by atoms with Crippen molar-refractivity contribution in [1.29, 1.82) is 0 Å². The van der Waals surface area contributed by atoms with Crippen LogP contribution < -0.4 is 4.74 Å². The van der Waals surface area contributed by atoms with Gasteiger partial charge in [-0.05, 0) is 59.3 Å². The molecule has 0 spiro atoms. The second-order valence-electron chi connectivity index (χ2n) is 7.24. The summed E-state index contributed by atoms with van der Waals surface area (Å²) in [4.78, 5) is 47.1. The standard InChI is InChI=1S/C23H14ClN3O7S/c24-16-3-1-2-15(10-16)13-25-22(28)21(35-23(25)29)11-14-4-7-18(8-5-14)34-20-9-6-17(26(30)31)12-19(20)27(32)33/h1-12H,13H2/b21-11-. The molecule has 3 aromatic carbocycles. The normalized spacial score (nSPS) is 14.4. The predicted octanol–water partition coefficient (Wildman–Crippen LogP) is 6.19. The minimum atomic E-state index is -0.768. The van der Waals surface area contributed by atoms with Crippen LogP contribution in [0.3, 0.4) is 0 Å². The van der Waals surface area contributed by atoms with Gasteiger partial charge in [0, 0.05) is 11.1 Å². The van der Waals surface area contributed by atoms with Gasteiger partial charge in [0.25, 0.3) is 16.8 Å². The van der Waals surface area contributed by atoms with Gasteiger partial charge in [0.2, 0.25) is 5.75 Å². The number of nitro groups is 2. The first kappa shape index (κ1) is 23.9. The Morgan fingerprint density at radius 3 is 2.37 bits per heavy atom. The molecule has 0 bridgehead atoms. The van der Waals surface area contributed by atoms with Crippen molar-refractivity contribution >= 4 is 52.0 Å². The van der Waals surface area contributed by atoms with Crippen molar-refractivity contribution in [2.45, 2.75) is 6.54 Å². The quantitative estimate of drug-likeness (QED) is 0.208. The molecule has 0 unspecified atom stereocenters. The number of carbonyl (C=O) groups excluding carboxylic acids is 2. The van der Waals surface area contributed by atoms with E-state index in [1.807, 2.05) is 0 Å². The molecular formula is C23H14ClN3O7S. The van der Waals surface area contributed by atoms with Gasteiger partial charge in [0.05, 0.1) is 27.4 Å². The summed E-state index contributed by atoms with van der Waals surface area (Å²) in [5.74, 6) is -0.342. The van der Waals surface area contributed by atoms with Gasteiger partial charge in [-0.3, -0.25) is 34.7 Å². The highest BCUT2D eigenvalue weighted by Gasteiger charge is 2.35. The average molecular weight is 512 g/mol. The van der Waals surface area contributed by atoms with Crippen molar-refractivity contribution in [2.24, 2.45) is 0 Å². The van der Waals surface area contributed by atoms with E-state index < -0.39 is 32.4 Å². The fraction of sp³-hybridized carbons (Fsp3) is 0.0435. The highest BCUT2D eigenvalue weighted by Crippen LogP contribution is 2.36. The lowest BCUT2D eigenvalue weighted by Gasteiger charge is -2.12. The van der Waals surface area contributed by atoms with Gasteiger partial charge in [-0.25, -0.2) is 0 Å². The topological polar surface area (TPSA) is 133 Å². The Hall–Kier alpha value is -4.22. The average Bonchev–Trinajstić information content (AvgIpc) is 3.07. The molecule has 10 nitrogen and oxygen atoms in total. The van der Waals surface area contributed by atoms with E-state index in [0.29, 0.717) is 10.6 Å². The minimum absolute atomic E-state index is 0.101. The zero-order valence-corrected chi connectivity index (χ0v) is 19.2. The number of ether oxygens (including phenoxy) is 1. The number of carbonyl (C=O) groups is 2. The molecule has 1 saturated heterocycles. The molecular weight excluding hydrogens is 498 g/mol. The second-order valence-corrected chi connectivity index (χ2v) is 8.66. The number of imide groups is 1. The van der Waals surface area contributed by atoms with E-state index in [0.717, 1.165) is 40.4 Å². The van der Waals surface area contributed by atoms with Gasteiger partial charge >= 0.3 is 5.69 Å². The number of nitrogens with zero attached hydrogens (tertiary/aromatic N) is 3. The maximum absolute atomic E-state index is 12.7. The fourth-order valence-corrected chi connectivity index (χ4v) is 4.26. The molecule has 0 saturated carbocycles. The van der Waals surface area contributed by atoms with Crippen LogP contribution >= 0.6 is 23.4 Å². The Balaban J connectivity index is 1.49. The third-order valence-electron chi connectivity index (χ3n) is 4.86. The molecule has 0 atom stereocenters. The number of rotatable bonds is 7. The predicted molar refractivity (Wildman–Crippen MR) is 129 cm³/mol. The molecule has 4 rings (SSSR count). The molecule has 1 aliphatic heterocycles. The van der Waals surface area contributed by atoms with Gasteiger partial charge in [0.15, 0.2) is 0 Å². The maximum atomic E-state index is 12.7. The first-order chi connectivity index (χ1) is 16.7. The molecule has 0 aromatic heterocycles. The Morgan fingerprint density at radius 2 is 1.71 bits per heavy atom. The summed E-state index contributed by atoms with van der Waals surface area (Å²) in [6.07, 6.45) is 1.56. The van der Waals surface area contributed by atoms with Gasteiger partial charge in [0.1, 0.15) is 5.75 Å². The molecule has 176 valence electrons. The van der Waals surface area contributed by atoms with Crippen LogP contribution in [0.4, 0.5) is 16.2 Å². The van der Waals surface area contributed by atoms with Gasteiger partial charge in [-0.1, -0.05) is 35.9 Å².